The molecule has 2 saturated heterocycles. The molecule has 3 heterocycles. The Morgan fingerprint density at radius 1 is 1.32 bits per heavy atom. The Morgan fingerprint density at radius 3 is 2.73 bits per heavy atom. The quantitative estimate of drug-likeness (QED) is 0.671. The first-order valence-corrected chi connectivity index (χ1v) is 7.10. The molecule has 0 aromatic carbocycles. The van der Waals surface area contributed by atoms with Crippen molar-refractivity contribution in [3.05, 3.63) is 29.3 Å². The number of carbonyl (C=O) groups is 1. The van der Waals surface area contributed by atoms with Gasteiger partial charge in [-0.2, -0.15) is 17.6 Å². The summed E-state index contributed by atoms with van der Waals surface area (Å²) < 4.78 is 50.8. The molecule has 8 heteroatoms. The van der Waals surface area contributed by atoms with Gasteiger partial charge in [0, 0.05) is 19.1 Å². The highest BCUT2D eigenvalue weighted by atomic mass is 19.4. The fraction of sp³-hybridized carbons (Fsp3) is 0.571. The molecule has 1 N–H and O–H groups in total. The summed E-state index contributed by atoms with van der Waals surface area (Å²) in [6.07, 6.45) is -2.88. The van der Waals surface area contributed by atoms with Crippen molar-refractivity contribution in [1.82, 2.24) is 15.2 Å². The van der Waals surface area contributed by atoms with Crippen LogP contribution in [0.1, 0.15) is 28.9 Å². The van der Waals surface area contributed by atoms with Gasteiger partial charge in [0.25, 0.3) is 5.91 Å². The second-order valence-corrected chi connectivity index (χ2v) is 5.85. The van der Waals surface area contributed by atoms with Gasteiger partial charge < -0.3 is 10.2 Å². The molecular formula is C14H15F4N3O. The Balaban J connectivity index is 1.69. The summed E-state index contributed by atoms with van der Waals surface area (Å²) in [5.41, 5.74) is -1.80. The van der Waals surface area contributed by atoms with Crippen LogP contribution in [0.15, 0.2) is 12.1 Å². The van der Waals surface area contributed by atoms with Crippen molar-refractivity contribution >= 4 is 5.91 Å². The van der Waals surface area contributed by atoms with Gasteiger partial charge in [-0.3, -0.25) is 4.79 Å². The monoisotopic (exact) mass is 317 g/mol. The van der Waals surface area contributed by atoms with Gasteiger partial charge in [-0.15, -0.1) is 0 Å². The van der Waals surface area contributed by atoms with Crippen molar-refractivity contribution in [2.24, 2.45) is 5.92 Å². The minimum absolute atomic E-state index is 0.0686. The highest BCUT2D eigenvalue weighted by molar-refractivity contribution is 5.92. The van der Waals surface area contributed by atoms with Crippen molar-refractivity contribution in [1.29, 1.82) is 0 Å². The number of pyridine rings is 1. The second-order valence-electron chi connectivity index (χ2n) is 5.85. The van der Waals surface area contributed by atoms with Gasteiger partial charge in [0.05, 0.1) is 0 Å². The van der Waals surface area contributed by atoms with Crippen LogP contribution < -0.4 is 5.32 Å². The number of alkyl halides is 3. The number of nitrogens with zero attached hydrogens (tertiary/aromatic N) is 2. The van der Waals surface area contributed by atoms with Crippen LogP contribution in [0.2, 0.25) is 0 Å². The van der Waals surface area contributed by atoms with Crippen molar-refractivity contribution in [3.8, 4) is 0 Å². The SMILES string of the molecule is O=C(N[C@@H]1C[C@@H]2CCN(C2)C1)c1ccc(C(F)(F)F)c(F)n1. The molecule has 3 rings (SSSR count). The molecule has 22 heavy (non-hydrogen) atoms. The molecule has 2 aliphatic rings. The van der Waals surface area contributed by atoms with Gasteiger partial charge >= 0.3 is 6.18 Å². The predicted octanol–water partition coefficient (Wildman–Crippen LogP) is 2.06. The van der Waals surface area contributed by atoms with E-state index in [0.29, 0.717) is 18.5 Å². The van der Waals surface area contributed by atoms with Crippen LogP contribution >= 0.6 is 0 Å². The molecular weight excluding hydrogens is 302 g/mol. The Bertz CT molecular complexity index is 578. The molecule has 1 unspecified atom stereocenters. The fourth-order valence-electron chi connectivity index (χ4n) is 3.20. The first kappa shape index (κ1) is 15.2. The maximum absolute atomic E-state index is 13.4. The average Bonchev–Trinajstić information content (AvgIpc) is 2.76. The van der Waals surface area contributed by atoms with Crippen molar-refractivity contribution < 1.29 is 22.4 Å². The van der Waals surface area contributed by atoms with E-state index in [-0.39, 0.29) is 11.7 Å². The maximum Gasteiger partial charge on any atom is 0.420 e. The van der Waals surface area contributed by atoms with E-state index in [1.807, 2.05) is 0 Å². The molecule has 2 fully saturated rings. The van der Waals surface area contributed by atoms with E-state index < -0.39 is 23.6 Å². The normalized spacial score (nSPS) is 27.7. The molecule has 3 atom stereocenters. The zero-order chi connectivity index (χ0) is 15.9. The lowest BCUT2D eigenvalue weighted by atomic mass is 9.97. The largest absolute Gasteiger partial charge is 0.420 e. The number of rotatable bonds is 2. The second kappa shape index (κ2) is 5.49. The smallest absolute Gasteiger partial charge is 0.347 e. The molecule has 1 aromatic heterocycles. The molecule has 2 aliphatic heterocycles. The van der Waals surface area contributed by atoms with Gasteiger partial charge in [-0.25, -0.2) is 4.98 Å². The third-order valence-corrected chi connectivity index (χ3v) is 4.19. The highest BCUT2D eigenvalue weighted by Crippen LogP contribution is 2.30. The molecule has 2 bridgehead atoms. The lowest BCUT2D eigenvalue weighted by Gasteiger charge is -2.30. The molecule has 1 aromatic rings. The van der Waals surface area contributed by atoms with Crippen LogP contribution in [0, 0.1) is 11.9 Å². The van der Waals surface area contributed by atoms with Crippen LogP contribution in [0.4, 0.5) is 17.6 Å². The van der Waals surface area contributed by atoms with Gasteiger partial charge in [0.2, 0.25) is 5.95 Å². The summed E-state index contributed by atoms with van der Waals surface area (Å²) in [5, 5.41) is 2.73. The Labute approximate surface area is 124 Å². The summed E-state index contributed by atoms with van der Waals surface area (Å²) in [5.74, 6) is -1.77. The lowest BCUT2D eigenvalue weighted by Crippen LogP contribution is -2.47. The standard InChI is InChI=1S/C14H15F4N3O/c15-12-10(14(16,17)18)1-2-11(20-12)13(22)19-9-5-8-3-4-21(6-8)7-9/h1-2,8-9H,3-7H2,(H,19,22)/t8-,9+/m0/s1. The summed E-state index contributed by atoms with van der Waals surface area (Å²) in [6, 6.07) is 1.38. The Hall–Kier alpha value is -1.70. The van der Waals surface area contributed by atoms with Crippen LogP contribution in [0.3, 0.4) is 0 Å². The molecule has 0 aliphatic carbocycles. The topological polar surface area (TPSA) is 45.2 Å². The molecule has 0 saturated carbocycles. The van der Waals surface area contributed by atoms with Crippen molar-refractivity contribution in [3.63, 3.8) is 0 Å². The van der Waals surface area contributed by atoms with E-state index in [1.165, 1.54) is 0 Å². The molecule has 1 amide bonds. The summed E-state index contributed by atoms with van der Waals surface area (Å²) in [6.45, 7) is 2.75. The molecule has 120 valence electrons. The van der Waals surface area contributed by atoms with Gasteiger partial charge in [-0.05, 0) is 37.4 Å². The number of hydrogen-bond acceptors (Lipinski definition) is 3. The van der Waals surface area contributed by atoms with E-state index in [2.05, 4.69) is 15.2 Å². The van der Waals surface area contributed by atoms with E-state index in [9.17, 15) is 22.4 Å². The Morgan fingerprint density at radius 2 is 2.09 bits per heavy atom. The molecule has 4 nitrogen and oxygen atoms in total. The summed E-state index contributed by atoms with van der Waals surface area (Å²) in [7, 11) is 0. The number of hydrogen-bond donors (Lipinski definition) is 1. The third-order valence-electron chi connectivity index (χ3n) is 4.19. The van der Waals surface area contributed by atoms with Crippen LogP contribution in [-0.4, -0.2) is 41.5 Å². The summed E-state index contributed by atoms with van der Waals surface area (Å²) >= 11 is 0. The lowest BCUT2D eigenvalue weighted by molar-refractivity contribution is -0.140. The minimum Gasteiger partial charge on any atom is -0.347 e. The first-order chi connectivity index (χ1) is 10.3. The van der Waals surface area contributed by atoms with E-state index in [1.54, 1.807) is 0 Å². The number of halogens is 4. The summed E-state index contributed by atoms with van der Waals surface area (Å²) in [4.78, 5) is 17.4. The highest BCUT2D eigenvalue weighted by Gasteiger charge is 2.36. The zero-order valence-electron chi connectivity index (χ0n) is 11.7. The van der Waals surface area contributed by atoms with Crippen LogP contribution in [0.5, 0.6) is 0 Å². The average molecular weight is 317 g/mol. The first-order valence-electron chi connectivity index (χ1n) is 7.10. The number of nitrogens with one attached hydrogen (secondary N) is 1. The third kappa shape index (κ3) is 3.06. The van der Waals surface area contributed by atoms with Crippen LogP contribution in [0.25, 0.3) is 0 Å². The number of piperidine rings is 1. The van der Waals surface area contributed by atoms with E-state index in [0.717, 1.165) is 32.0 Å². The molecule has 0 radical (unpaired) electrons. The predicted molar refractivity (Wildman–Crippen MR) is 69.6 cm³/mol. The zero-order valence-corrected chi connectivity index (χ0v) is 11.7. The number of fused-ring (bicyclic) bond motifs is 2. The number of amides is 1. The van der Waals surface area contributed by atoms with E-state index >= 15 is 0 Å². The number of carbonyl (C=O) groups excluding carboxylic acids is 1. The maximum atomic E-state index is 13.4. The van der Waals surface area contributed by atoms with Crippen LogP contribution in [-0.2, 0) is 6.18 Å². The van der Waals surface area contributed by atoms with Crippen molar-refractivity contribution in [2.75, 3.05) is 19.6 Å². The Kier molecular flexibility index (Phi) is 3.80. The minimum atomic E-state index is -4.82. The van der Waals surface area contributed by atoms with Gasteiger partial charge in [0.1, 0.15) is 11.3 Å². The van der Waals surface area contributed by atoms with Crippen molar-refractivity contribution in [2.45, 2.75) is 25.1 Å². The van der Waals surface area contributed by atoms with E-state index in [4.69, 9.17) is 0 Å². The van der Waals surface area contributed by atoms with Gasteiger partial charge in [-0.1, -0.05) is 0 Å². The molecule has 0 spiro atoms. The fourth-order valence-corrected chi connectivity index (χ4v) is 3.20. The van der Waals surface area contributed by atoms with Gasteiger partial charge in [0.15, 0.2) is 0 Å². The number of aromatic nitrogens is 1.